The van der Waals surface area contributed by atoms with Gasteiger partial charge in [-0.2, -0.15) is 0 Å². The van der Waals surface area contributed by atoms with E-state index in [9.17, 15) is 19.5 Å². The maximum Gasteiger partial charge on any atom is 0.253 e. The third kappa shape index (κ3) is 4.14. The Kier molecular flexibility index (Phi) is 7.28. The van der Waals surface area contributed by atoms with Crippen molar-refractivity contribution in [1.82, 2.24) is 4.90 Å². The summed E-state index contributed by atoms with van der Waals surface area (Å²) in [5, 5.41) is 11.0. The van der Waals surface area contributed by atoms with Crippen LogP contribution in [0.15, 0.2) is 78.9 Å². The lowest BCUT2D eigenvalue weighted by atomic mass is 9.74. The molecule has 0 aliphatic carbocycles. The number of carbonyl (C=O) groups is 3. The lowest BCUT2D eigenvalue weighted by Crippen LogP contribution is -2.60. The highest BCUT2D eigenvalue weighted by Crippen LogP contribution is 2.58. The molecule has 2 aromatic carbocycles. The summed E-state index contributed by atoms with van der Waals surface area (Å²) in [6.45, 7) is 6.00. The van der Waals surface area contributed by atoms with E-state index in [-0.39, 0.29) is 36.8 Å². The molecule has 6 rings (SSSR count). The molecule has 0 radical (unpaired) electrons. The minimum atomic E-state index is -1.43. The Morgan fingerprint density at radius 2 is 1.60 bits per heavy atom. The van der Waals surface area contributed by atoms with Crippen molar-refractivity contribution >= 4 is 40.7 Å². The van der Waals surface area contributed by atoms with Gasteiger partial charge >= 0.3 is 0 Å². The van der Waals surface area contributed by atoms with Crippen molar-refractivity contribution in [2.75, 3.05) is 29.5 Å². The fourth-order valence-corrected chi connectivity index (χ4v) is 7.60. The van der Waals surface area contributed by atoms with Gasteiger partial charge in [-0.3, -0.25) is 14.4 Å². The fraction of sp³-hybridized carbons (Fsp3) is 0.424. The first-order chi connectivity index (χ1) is 20.2. The summed E-state index contributed by atoms with van der Waals surface area (Å²) >= 11 is 6.56. The maximum absolute atomic E-state index is 14.7. The van der Waals surface area contributed by atoms with Gasteiger partial charge in [0, 0.05) is 18.8 Å². The number of para-hydroxylation sites is 2. The number of likely N-dealkylation sites (tertiary alicyclic amines) is 1. The Hall–Kier alpha value is -3.46. The second-order valence-electron chi connectivity index (χ2n) is 11.9. The number of hydrogen-bond donors (Lipinski definition) is 1. The average molecular weight is 590 g/mol. The van der Waals surface area contributed by atoms with E-state index in [4.69, 9.17) is 16.3 Å². The third-order valence-corrected chi connectivity index (χ3v) is 9.87. The molecule has 4 heterocycles. The summed E-state index contributed by atoms with van der Waals surface area (Å²) in [7, 11) is 0. The van der Waals surface area contributed by atoms with Crippen molar-refractivity contribution in [3.05, 3.63) is 83.9 Å². The van der Waals surface area contributed by atoms with E-state index >= 15 is 0 Å². The van der Waals surface area contributed by atoms with Gasteiger partial charge in [0.05, 0.1) is 40.8 Å². The van der Waals surface area contributed by atoms with Crippen LogP contribution in [-0.2, 0) is 19.1 Å². The van der Waals surface area contributed by atoms with E-state index in [1.54, 1.807) is 28.0 Å². The van der Waals surface area contributed by atoms with Crippen molar-refractivity contribution in [1.29, 1.82) is 0 Å². The van der Waals surface area contributed by atoms with Crippen molar-refractivity contribution in [2.45, 2.75) is 50.5 Å². The number of hydrogen-bond acceptors (Lipinski definition) is 5. The highest BCUT2D eigenvalue weighted by atomic mass is 35.5. The Balaban J connectivity index is 1.52. The molecule has 2 fully saturated rings. The molecule has 1 N–H and O–H groups in total. The van der Waals surface area contributed by atoms with Crippen LogP contribution in [0.1, 0.15) is 27.2 Å². The minimum Gasteiger partial charge on any atom is -0.394 e. The van der Waals surface area contributed by atoms with Gasteiger partial charge in [0.2, 0.25) is 11.8 Å². The number of carbonyl (C=O) groups excluding carboxylic acids is 3. The zero-order chi connectivity index (χ0) is 29.8. The van der Waals surface area contributed by atoms with Gasteiger partial charge in [0.15, 0.2) is 0 Å². The van der Waals surface area contributed by atoms with E-state index in [0.29, 0.717) is 23.7 Å². The first-order valence-corrected chi connectivity index (χ1v) is 15.0. The molecule has 9 heteroatoms. The molecule has 3 amide bonds. The predicted octanol–water partition coefficient (Wildman–Crippen LogP) is 4.22. The van der Waals surface area contributed by atoms with Gasteiger partial charge in [-0.25, -0.2) is 0 Å². The lowest BCUT2D eigenvalue weighted by molar-refractivity contribution is -0.149. The summed E-state index contributed by atoms with van der Waals surface area (Å²) in [4.78, 5) is 48.7. The molecule has 42 heavy (non-hydrogen) atoms. The number of rotatable bonds is 6. The summed E-state index contributed by atoms with van der Waals surface area (Å²) in [6.07, 6.45) is 8.10. The average Bonchev–Trinajstić information content (AvgIpc) is 3.25. The van der Waals surface area contributed by atoms with Crippen LogP contribution >= 0.6 is 11.6 Å². The number of benzene rings is 2. The van der Waals surface area contributed by atoms with E-state index in [1.165, 1.54) is 4.90 Å². The largest absolute Gasteiger partial charge is 0.394 e. The number of halogens is 1. The zero-order valence-electron chi connectivity index (χ0n) is 24.0. The van der Waals surface area contributed by atoms with Gasteiger partial charge in [-0.1, -0.05) is 86.5 Å². The van der Waals surface area contributed by atoms with Crippen LogP contribution in [0.3, 0.4) is 0 Å². The van der Waals surface area contributed by atoms with Crippen LogP contribution in [0, 0.1) is 17.8 Å². The van der Waals surface area contributed by atoms with E-state index in [1.807, 2.05) is 81.5 Å². The fourth-order valence-electron chi connectivity index (χ4n) is 7.36. The number of ether oxygens (including phenoxy) is 1. The first-order valence-electron chi connectivity index (χ1n) is 14.6. The zero-order valence-corrected chi connectivity index (χ0v) is 24.8. The minimum absolute atomic E-state index is 0.111. The molecule has 220 valence electrons. The van der Waals surface area contributed by atoms with Gasteiger partial charge in [0.1, 0.15) is 11.6 Å². The quantitative estimate of drug-likeness (QED) is 0.510. The van der Waals surface area contributed by atoms with E-state index < -0.39 is 35.1 Å². The summed E-state index contributed by atoms with van der Waals surface area (Å²) in [6, 6.07) is 14.7. The molecular formula is C33H36ClN3O5. The van der Waals surface area contributed by atoms with Gasteiger partial charge in [0.25, 0.3) is 5.91 Å². The summed E-state index contributed by atoms with van der Waals surface area (Å²) in [5.41, 5.74) is -1.32. The van der Waals surface area contributed by atoms with Crippen LogP contribution in [0.5, 0.6) is 0 Å². The maximum atomic E-state index is 14.7. The predicted molar refractivity (Wildman–Crippen MR) is 161 cm³/mol. The smallest absolute Gasteiger partial charge is 0.253 e. The van der Waals surface area contributed by atoms with Crippen LogP contribution in [-0.4, -0.2) is 70.7 Å². The first kappa shape index (κ1) is 28.6. The standard InChI is InChI=1S/C33H36ClN3O5/c1-4-21(2)25(20-38)37-28-31(41)36(24-15-9-8-14-23(24)34)19-11-17-33(28)27(30(37)40)26-29(39)35(22-12-6-5-7-13-22)18-10-16-32(26,3)42-33/h5-17,21,25-28,38H,4,18-20H2,1-3H3/t21-,25-,26+,27-,28?,32-,33-/m0/s1. The van der Waals surface area contributed by atoms with Crippen molar-refractivity contribution in [2.24, 2.45) is 17.8 Å². The highest BCUT2D eigenvalue weighted by molar-refractivity contribution is 6.34. The SMILES string of the molecule is CC[C@H](C)[C@H](CO)N1C(=O)[C@@H]2[C@@H]3C(=O)N(c4ccccc4)CC=C[C@]3(C)O[C@@]23C=CCN(c2ccccc2Cl)C(=O)C13. The number of aliphatic hydroxyl groups is 1. The molecule has 4 aliphatic heterocycles. The van der Waals surface area contributed by atoms with Gasteiger partial charge < -0.3 is 24.5 Å². The molecule has 1 spiro atoms. The molecule has 4 aliphatic rings. The lowest BCUT2D eigenvalue weighted by Gasteiger charge is -2.41. The number of anilines is 2. The van der Waals surface area contributed by atoms with Crippen LogP contribution < -0.4 is 9.80 Å². The van der Waals surface area contributed by atoms with Crippen molar-refractivity contribution in [3.8, 4) is 0 Å². The van der Waals surface area contributed by atoms with Crippen LogP contribution in [0.25, 0.3) is 0 Å². The molecule has 0 aromatic heterocycles. The number of fused-ring (bicyclic) bond motifs is 2. The topological polar surface area (TPSA) is 90.4 Å². The van der Waals surface area contributed by atoms with Crippen LogP contribution in [0.2, 0.25) is 5.02 Å². The second kappa shape index (κ2) is 10.7. The molecule has 2 saturated heterocycles. The molecular weight excluding hydrogens is 554 g/mol. The van der Waals surface area contributed by atoms with Crippen molar-refractivity contribution in [3.63, 3.8) is 0 Å². The molecule has 1 unspecified atom stereocenters. The third-order valence-electron chi connectivity index (χ3n) is 9.55. The van der Waals surface area contributed by atoms with Gasteiger partial charge in [-0.15, -0.1) is 0 Å². The Labute approximate surface area is 251 Å². The molecule has 8 nitrogen and oxygen atoms in total. The molecule has 2 aromatic rings. The Morgan fingerprint density at radius 3 is 2.29 bits per heavy atom. The number of nitrogens with zero attached hydrogens (tertiary/aromatic N) is 3. The van der Waals surface area contributed by atoms with Gasteiger partial charge in [-0.05, 0) is 37.1 Å². The normalized spacial score (nSPS) is 31.9. The summed E-state index contributed by atoms with van der Waals surface area (Å²) in [5.74, 6) is -2.93. The molecule has 7 atom stereocenters. The monoisotopic (exact) mass is 589 g/mol. The van der Waals surface area contributed by atoms with E-state index in [2.05, 4.69) is 0 Å². The molecule has 0 bridgehead atoms. The number of aliphatic hydroxyl groups excluding tert-OH is 1. The highest BCUT2D eigenvalue weighted by Gasteiger charge is 2.75. The Bertz CT molecular complexity index is 1460. The van der Waals surface area contributed by atoms with Crippen molar-refractivity contribution < 1.29 is 24.2 Å². The van der Waals surface area contributed by atoms with E-state index in [0.717, 1.165) is 5.69 Å². The Morgan fingerprint density at radius 1 is 0.929 bits per heavy atom. The molecule has 0 saturated carbocycles. The van der Waals surface area contributed by atoms with Crippen LogP contribution in [0.4, 0.5) is 11.4 Å². The summed E-state index contributed by atoms with van der Waals surface area (Å²) < 4.78 is 6.93. The second-order valence-corrected chi connectivity index (χ2v) is 12.3. The number of amides is 3.